The van der Waals surface area contributed by atoms with Crippen LogP contribution in [0.2, 0.25) is 0 Å². The Morgan fingerprint density at radius 2 is 1.60 bits per heavy atom. The van der Waals surface area contributed by atoms with E-state index in [0.717, 1.165) is 63.5 Å². The molecule has 12 heteroatoms. The highest BCUT2D eigenvalue weighted by molar-refractivity contribution is 6.01. The molecule has 2 saturated heterocycles. The number of alkyl carbamates (subject to hydrolysis) is 1. The maximum absolute atomic E-state index is 14.1. The minimum atomic E-state index is -1.30. The fourth-order valence-electron chi connectivity index (χ4n) is 7.57. The molecule has 0 spiro atoms. The van der Waals surface area contributed by atoms with Gasteiger partial charge in [0.2, 0.25) is 11.8 Å². The van der Waals surface area contributed by atoms with Gasteiger partial charge in [0, 0.05) is 43.5 Å². The van der Waals surface area contributed by atoms with E-state index in [1.54, 1.807) is 11.2 Å². The predicted molar refractivity (Wildman–Crippen MR) is 198 cm³/mol. The van der Waals surface area contributed by atoms with Gasteiger partial charge in [0.25, 0.3) is 0 Å². The number of H-pyrrole nitrogens is 1. The van der Waals surface area contributed by atoms with Gasteiger partial charge in [-0.3, -0.25) is 9.59 Å². The maximum Gasteiger partial charge on any atom is 0.408 e. The Hall–Kier alpha value is -6.01. The number of hydrogen-bond donors (Lipinski definition) is 3. The van der Waals surface area contributed by atoms with Crippen molar-refractivity contribution in [3.8, 4) is 22.4 Å². The molecule has 3 aromatic carbocycles. The number of anilines is 2. The normalized spacial score (nSPS) is 16.5. The zero-order valence-corrected chi connectivity index (χ0v) is 28.6. The van der Waals surface area contributed by atoms with Crippen LogP contribution in [-0.2, 0) is 19.1 Å². The Morgan fingerprint density at radius 1 is 0.923 bits per heavy atom. The topological polar surface area (TPSA) is 142 Å². The zero-order chi connectivity index (χ0) is 35.7. The second kappa shape index (κ2) is 14.0. The molecule has 0 unspecified atom stereocenters. The third-order valence-corrected chi connectivity index (χ3v) is 10.4. The number of aromatic amines is 1. The van der Waals surface area contributed by atoms with Gasteiger partial charge in [-0.2, -0.15) is 0 Å². The van der Waals surface area contributed by atoms with Gasteiger partial charge < -0.3 is 34.9 Å². The second-order valence-corrected chi connectivity index (χ2v) is 13.3. The zero-order valence-electron chi connectivity index (χ0n) is 28.6. The van der Waals surface area contributed by atoms with Gasteiger partial charge >= 0.3 is 6.09 Å². The van der Waals surface area contributed by atoms with Crippen molar-refractivity contribution in [2.75, 3.05) is 56.2 Å². The van der Waals surface area contributed by atoms with Gasteiger partial charge in [0.05, 0.1) is 18.6 Å². The van der Waals surface area contributed by atoms with Crippen molar-refractivity contribution in [3.63, 3.8) is 0 Å². The molecule has 12 nitrogen and oxygen atoms in total. The average molecular weight is 698 g/mol. The van der Waals surface area contributed by atoms with Crippen LogP contribution in [0.1, 0.15) is 29.9 Å². The number of likely N-dealkylation sites (tertiary alicyclic amines) is 1. The minimum Gasteiger partial charge on any atom is -0.449 e. The van der Waals surface area contributed by atoms with Crippen molar-refractivity contribution < 1.29 is 23.9 Å². The highest BCUT2D eigenvalue weighted by Gasteiger charge is 2.44. The Morgan fingerprint density at radius 3 is 2.27 bits per heavy atom. The number of hydrogen-bond acceptors (Lipinski definition) is 8. The Kier molecular flexibility index (Phi) is 8.90. The van der Waals surface area contributed by atoms with Gasteiger partial charge in [-0.05, 0) is 64.9 Å². The summed E-state index contributed by atoms with van der Waals surface area (Å²) in [6.45, 7) is 7.11. The number of piperidine rings is 1. The second-order valence-electron chi connectivity index (χ2n) is 13.3. The summed E-state index contributed by atoms with van der Waals surface area (Å²) in [6.07, 6.45) is 2.56. The monoisotopic (exact) mass is 697 g/mol. The summed E-state index contributed by atoms with van der Waals surface area (Å²) in [6, 6.07) is 25.8. The number of amides is 3. The number of aromatic nitrogens is 3. The Labute approximate surface area is 300 Å². The molecule has 3 aliphatic rings. The third-order valence-electron chi connectivity index (χ3n) is 10.4. The highest BCUT2D eigenvalue weighted by Crippen LogP contribution is 2.44. The molecule has 0 bridgehead atoms. The van der Waals surface area contributed by atoms with E-state index in [0.29, 0.717) is 18.9 Å². The van der Waals surface area contributed by atoms with Crippen molar-refractivity contribution >= 4 is 40.4 Å². The van der Waals surface area contributed by atoms with Crippen LogP contribution in [0.15, 0.2) is 97.8 Å². The average Bonchev–Trinajstić information content (AvgIpc) is 3.77. The number of fused-ring (bicyclic) bond motifs is 4. The number of nitrogens with zero attached hydrogens (tertiary/aromatic N) is 4. The standard InChI is InChI=1S/C40H39N7O5/c1-2-35(48)46-17-15-40(16-18-46,45-39(50)52-24-33-30-9-5-3-7-28(30)29-8-4-6-10-31(29)33)38(49)43-27-13-11-26(12-14-27)34-23-32-36(44-34)41-25-42-37(32)47-19-21-51-22-20-47/h2-14,23,25,33H,1,15-22,24H2,(H,43,49)(H,45,50)(H,41,42,44). The van der Waals surface area contributed by atoms with E-state index in [9.17, 15) is 14.4 Å². The molecular formula is C40H39N7O5. The van der Waals surface area contributed by atoms with E-state index in [4.69, 9.17) is 9.47 Å². The molecule has 1 aliphatic carbocycles. The summed E-state index contributed by atoms with van der Waals surface area (Å²) in [5, 5.41) is 6.86. The van der Waals surface area contributed by atoms with Crippen LogP contribution in [0.3, 0.4) is 0 Å². The Bertz CT molecular complexity index is 2100. The SMILES string of the molecule is C=CC(=O)N1CCC(NC(=O)OCC2c3ccccc3-c3ccccc32)(C(=O)Nc2ccc(-c3cc4c(N5CCOCC5)ncnc4[nH]3)cc2)CC1. The summed E-state index contributed by atoms with van der Waals surface area (Å²) in [5.41, 5.74) is 6.24. The van der Waals surface area contributed by atoms with E-state index in [2.05, 4.69) is 61.3 Å². The molecule has 8 rings (SSSR count). The van der Waals surface area contributed by atoms with Gasteiger partial charge in [-0.1, -0.05) is 67.2 Å². The summed E-state index contributed by atoms with van der Waals surface area (Å²) < 4.78 is 11.4. The van der Waals surface area contributed by atoms with Gasteiger partial charge in [0.1, 0.15) is 29.9 Å². The fraction of sp³-hybridized carbons (Fsp3) is 0.275. The van der Waals surface area contributed by atoms with Crippen molar-refractivity contribution in [1.29, 1.82) is 0 Å². The number of ether oxygens (including phenoxy) is 2. The molecule has 264 valence electrons. The molecule has 2 aliphatic heterocycles. The molecule has 3 amide bonds. The smallest absolute Gasteiger partial charge is 0.408 e. The van der Waals surface area contributed by atoms with Crippen molar-refractivity contribution in [2.45, 2.75) is 24.3 Å². The Balaban J connectivity index is 0.978. The predicted octanol–water partition coefficient (Wildman–Crippen LogP) is 5.49. The summed E-state index contributed by atoms with van der Waals surface area (Å²) in [5.74, 6) is 0.153. The van der Waals surface area contributed by atoms with Crippen LogP contribution >= 0.6 is 0 Å². The molecule has 5 aromatic rings. The lowest BCUT2D eigenvalue weighted by atomic mass is 9.86. The van der Waals surface area contributed by atoms with Crippen molar-refractivity contribution in [2.24, 2.45) is 0 Å². The van der Waals surface area contributed by atoms with Crippen molar-refractivity contribution in [3.05, 3.63) is 109 Å². The molecule has 2 aromatic heterocycles. The molecule has 4 heterocycles. The van der Waals surface area contributed by atoms with E-state index in [1.807, 2.05) is 54.6 Å². The van der Waals surface area contributed by atoms with Crippen LogP contribution in [0.4, 0.5) is 16.3 Å². The van der Waals surface area contributed by atoms with Gasteiger partial charge in [-0.25, -0.2) is 14.8 Å². The first-order chi connectivity index (χ1) is 25.4. The first kappa shape index (κ1) is 33.2. The first-order valence-electron chi connectivity index (χ1n) is 17.6. The quantitative estimate of drug-likeness (QED) is 0.181. The summed E-state index contributed by atoms with van der Waals surface area (Å²) >= 11 is 0. The summed E-state index contributed by atoms with van der Waals surface area (Å²) in [4.78, 5) is 56.2. The van der Waals surface area contributed by atoms with Crippen LogP contribution in [0.25, 0.3) is 33.4 Å². The van der Waals surface area contributed by atoms with Gasteiger partial charge in [-0.15, -0.1) is 0 Å². The van der Waals surface area contributed by atoms with Crippen LogP contribution in [-0.4, -0.2) is 89.3 Å². The lowest BCUT2D eigenvalue weighted by Gasteiger charge is -2.40. The molecule has 2 fully saturated rings. The maximum atomic E-state index is 14.1. The molecule has 52 heavy (non-hydrogen) atoms. The van der Waals surface area contributed by atoms with E-state index in [-0.39, 0.29) is 50.3 Å². The van der Waals surface area contributed by atoms with Crippen LogP contribution in [0.5, 0.6) is 0 Å². The molecule has 0 saturated carbocycles. The van der Waals surface area contributed by atoms with E-state index < -0.39 is 11.6 Å². The molecule has 3 N–H and O–H groups in total. The largest absolute Gasteiger partial charge is 0.449 e. The number of nitrogens with one attached hydrogen (secondary N) is 3. The lowest BCUT2D eigenvalue weighted by molar-refractivity contribution is -0.131. The molecule has 0 atom stereocenters. The van der Waals surface area contributed by atoms with E-state index >= 15 is 0 Å². The first-order valence-corrected chi connectivity index (χ1v) is 17.6. The molecular weight excluding hydrogens is 658 g/mol. The third kappa shape index (κ3) is 6.26. The minimum absolute atomic E-state index is 0.118. The van der Waals surface area contributed by atoms with Crippen LogP contribution < -0.4 is 15.5 Å². The highest BCUT2D eigenvalue weighted by atomic mass is 16.5. The lowest BCUT2D eigenvalue weighted by Crippen LogP contribution is -2.62. The fourth-order valence-corrected chi connectivity index (χ4v) is 7.57. The van der Waals surface area contributed by atoms with Crippen molar-refractivity contribution in [1.82, 2.24) is 25.2 Å². The van der Waals surface area contributed by atoms with Gasteiger partial charge in [0.15, 0.2) is 0 Å². The number of benzene rings is 3. The van der Waals surface area contributed by atoms with Crippen LogP contribution in [0, 0.1) is 0 Å². The van der Waals surface area contributed by atoms with E-state index in [1.165, 1.54) is 6.08 Å². The molecule has 0 radical (unpaired) electrons. The number of rotatable bonds is 8. The number of morpholine rings is 1. The number of carbonyl (C=O) groups is 3. The summed E-state index contributed by atoms with van der Waals surface area (Å²) in [7, 11) is 0. The number of carbonyl (C=O) groups excluding carboxylic acids is 3.